The van der Waals surface area contributed by atoms with Crippen molar-refractivity contribution in [1.82, 2.24) is 0 Å². The molecule has 1 atom stereocenters. The zero-order valence-electron chi connectivity index (χ0n) is 4.29. The number of hydrogen-bond acceptors (Lipinski definition) is 2. The van der Waals surface area contributed by atoms with Crippen LogP contribution < -0.4 is 0 Å². The van der Waals surface area contributed by atoms with E-state index in [1.165, 1.54) is 12.2 Å². The summed E-state index contributed by atoms with van der Waals surface area (Å²) in [5.41, 5.74) is 0.269. The van der Waals surface area contributed by atoms with Gasteiger partial charge in [-0.15, -0.1) is 0 Å². The first-order chi connectivity index (χ1) is 3.72. The van der Waals surface area contributed by atoms with Crippen LogP contribution in [0.4, 0.5) is 0 Å². The van der Waals surface area contributed by atoms with Crippen LogP contribution in [0.25, 0.3) is 0 Å². The minimum atomic E-state index is -0.734. The molecule has 0 aromatic rings. The fourth-order valence-electron chi connectivity index (χ4n) is 0.547. The van der Waals surface area contributed by atoms with Crippen LogP contribution in [-0.2, 0) is 4.79 Å². The quantitative estimate of drug-likeness (QED) is 0.447. The van der Waals surface area contributed by atoms with Crippen molar-refractivity contribution in [3.05, 3.63) is 24.3 Å². The highest BCUT2D eigenvalue weighted by atomic mass is 16.3. The van der Waals surface area contributed by atoms with Crippen LogP contribution in [0, 0.1) is 0 Å². The summed E-state index contributed by atoms with van der Waals surface area (Å²) in [7, 11) is 0. The molecular formula is C6H6O2. The molecule has 0 radical (unpaired) electrons. The maximum absolute atomic E-state index is 10.4. The maximum atomic E-state index is 10.4. The standard InChI is InChI=1S/C6H6O2/c1-4-5(7)2-3-6(4)8/h2-3,5,7H,1H2/t5-/m0/s1. The molecule has 0 spiro atoms. The van der Waals surface area contributed by atoms with Crippen molar-refractivity contribution in [2.45, 2.75) is 6.10 Å². The summed E-state index contributed by atoms with van der Waals surface area (Å²) in [4.78, 5) is 10.4. The second-order valence-electron chi connectivity index (χ2n) is 1.69. The number of carbonyl (C=O) groups excluding carboxylic acids is 1. The summed E-state index contributed by atoms with van der Waals surface area (Å²) in [6, 6.07) is 0. The van der Waals surface area contributed by atoms with Crippen LogP contribution in [0.15, 0.2) is 24.3 Å². The normalized spacial score (nSPS) is 27.4. The lowest BCUT2D eigenvalue weighted by Gasteiger charge is -1.94. The van der Waals surface area contributed by atoms with Crippen LogP contribution >= 0.6 is 0 Å². The van der Waals surface area contributed by atoms with Crippen molar-refractivity contribution in [3.63, 3.8) is 0 Å². The molecule has 0 fully saturated rings. The van der Waals surface area contributed by atoms with Gasteiger partial charge >= 0.3 is 0 Å². The Balaban J connectivity index is 2.85. The molecule has 1 aliphatic rings. The van der Waals surface area contributed by atoms with Gasteiger partial charge in [0.15, 0.2) is 5.78 Å². The Morgan fingerprint density at radius 1 is 1.75 bits per heavy atom. The Morgan fingerprint density at radius 3 is 2.50 bits per heavy atom. The van der Waals surface area contributed by atoms with E-state index < -0.39 is 6.10 Å². The van der Waals surface area contributed by atoms with Gasteiger partial charge < -0.3 is 5.11 Å². The van der Waals surface area contributed by atoms with Crippen molar-refractivity contribution in [2.75, 3.05) is 0 Å². The monoisotopic (exact) mass is 110 g/mol. The van der Waals surface area contributed by atoms with E-state index in [1.807, 2.05) is 0 Å². The molecule has 0 aliphatic heterocycles. The Bertz CT molecular complexity index is 167. The smallest absolute Gasteiger partial charge is 0.183 e. The first kappa shape index (κ1) is 5.25. The molecular weight excluding hydrogens is 104 g/mol. The summed E-state index contributed by atoms with van der Waals surface area (Å²) in [6.45, 7) is 3.35. The van der Waals surface area contributed by atoms with Gasteiger partial charge in [-0.2, -0.15) is 0 Å². The molecule has 2 nitrogen and oxygen atoms in total. The van der Waals surface area contributed by atoms with Crippen molar-refractivity contribution in [1.29, 1.82) is 0 Å². The summed E-state index contributed by atoms with van der Waals surface area (Å²) >= 11 is 0. The average Bonchev–Trinajstić information content (AvgIpc) is 1.98. The number of hydrogen-bond donors (Lipinski definition) is 1. The minimum Gasteiger partial charge on any atom is -0.384 e. The number of allylic oxidation sites excluding steroid dienone is 1. The maximum Gasteiger partial charge on any atom is 0.183 e. The van der Waals surface area contributed by atoms with Gasteiger partial charge in [-0.05, 0) is 12.2 Å². The van der Waals surface area contributed by atoms with Gasteiger partial charge in [-0.3, -0.25) is 4.79 Å². The van der Waals surface area contributed by atoms with Gasteiger partial charge in [0.25, 0.3) is 0 Å². The molecule has 0 unspecified atom stereocenters. The van der Waals surface area contributed by atoms with Gasteiger partial charge in [0.2, 0.25) is 0 Å². The predicted octanol–water partition coefficient (Wildman–Crippen LogP) is 0.0424. The fraction of sp³-hybridized carbons (Fsp3) is 0.167. The molecule has 0 saturated carbocycles. The Morgan fingerprint density at radius 2 is 2.38 bits per heavy atom. The first-order valence-corrected chi connectivity index (χ1v) is 2.31. The van der Waals surface area contributed by atoms with Crippen LogP contribution in [0.3, 0.4) is 0 Å². The SMILES string of the molecule is C=C1C(=O)C=C[C@@H]1O. The van der Waals surface area contributed by atoms with Crippen molar-refractivity contribution in [2.24, 2.45) is 0 Å². The lowest BCUT2D eigenvalue weighted by molar-refractivity contribution is -0.111. The molecule has 0 saturated heterocycles. The van der Waals surface area contributed by atoms with Crippen LogP contribution in [0.2, 0.25) is 0 Å². The average molecular weight is 110 g/mol. The van der Waals surface area contributed by atoms with Gasteiger partial charge in [-0.25, -0.2) is 0 Å². The third kappa shape index (κ3) is 0.589. The molecule has 0 amide bonds. The Kier molecular flexibility index (Phi) is 1.02. The Hall–Kier alpha value is -0.890. The van der Waals surface area contributed by atoms with E-state index in [2.05, 4.69) is 6.58 Å². The van der Waals surface area contributed by atoms with Crippen LogP contribution in [0.1, 0.15) is 0 Å². The molecule has 2 heteroatoms. The predicted molar refractivity (Wildman–Crippen MR) is 29.3 cm³/mol. The molecule has 42 valence electrons. The molecule has 1 rings (SSSR count). The molecule has 8 heavy (non-hydrogen) atoms. The number of aliphatic hydroxyl groups excluding tert-OH is 1. The lowest BCUT2D eigenvalue weighted by Crippen LogP contribution is -2.04. The van der Waals surface area contributed by atoms with Gasteiger partial charge in [-0.1, -0.05) is 6.58 Å². The van der Waals surface area contributed by atoms with Crippen LogP contribution in [-0.4, -0.2) is 17.0 Å². The molecule has 0 heterocycles. The Labute approximate surface area is 47.1 Å². The molecule has 0 aromatic heterocycles. The highest BCUT2D eigenvalue weighted by Gasteiger charge is 2.16. The summed E-state index contributed by atoms with van der Waals surface area (Å²) < 4.78 is 0. The molecule has 1 N–H and O–H groups in total. The minimum absolute atomic E-state index is 0.169. The van der Waals surface area contributed by atoms with E-state index in [9.17, 15) is 4.79 Å². The van der Waals surface area contributed by atoms with E-state index in [0.717, 1.165) is 0 Å². The summed E-state index contributed by atoms with van der Waals surface area (Å²) in [6.07, 6.45) is 2.01. The van der Waals surface area contributed by atoms with Gasteiger partial charge in [0.1, 0.15) is 6.10 Å². The molecule has 0 bridgehead atoms. The number of rotatable bonds is 0. The van der Waals surface area contributed by atoms with Crippen molar-refractivity contribution >= 4 is 5.78 Å². The largest absolute Gasteiger partial charge is 0.384 e. The molecule has 0 aromatic carbocycles. The third-order valence-electron chi connectivity index (χ3n) is 1.10. The van der Waals surface area contributed by atoms with Gasteiger partial charge in [0.05, 0.1) is 0 Å². The summed E-state index contributed by atoms with van der Waals surface area (Å²) in [5, 5.41) is 8.76. The van der Waals surface area contributed by atoms with E-state index in [-0.39, 0.29) is 11.4 Å². The molecule has 1 aliphatic carbocycles. The van der Waals surface area contributed by atoms with Gasteiger partial charge in [0, 0.05) is 5.57 Å². The second-order valence-corrected chi connectivity index (χ2v) is 1.69. The number of ketones is 1. The lowest BCUT2D eigenvalue weighted by atomic mass is 10.2. The zero-order valence-corrected chi connectivity index (χ0v) is 4.29. The van der Waals surface area contributed by atoms with Crippen LogP contribution in [0.5, 0.6) is 0 Å². The second kappa shape index (κ2) is 1.56. The number of carbonyl (C=O) groups is 1. The highest BCUT2D eigenvalue weighted by Crippen LogP contribution is 2.10. The van der Waals surface area contributed by atoms with E-state index >= 15 is 0 Å². The highest BCUT2D eigenvalue weighted by molar-refractivity contribution is 6.07. The first-order valence-electron chi connectivity index (χ1n) is 2.31. The topological polar surface area (TPSA) is 37.3 Å². The van der Waals surface area contributed by atoms with E-state index in [4.69, 9.17) is 5.11 Å². The van der Waals surface area contributed by atoms with Crippen molar-refractivity contribution < 1.29 is 9.90 Å². The zero-order chi connectivity index (χ0) is 6.15. The summed E-state index contributed by atoms with van der Waals surface area (Å²) in [5.74, 6) is -0.169. The van der Waals surface area contributed by atoms with Crippen molar-refractivity contribution in [3.8, 4) is 0 Å². The third-order valence-corrected chi connectivity index (χ3v) is 1.10. The van der Waals surface area contributed by atoms with E-state index in [0.29, 0.717) is 0 Å². The van der Waals surface area contributed by atoms with E-state index in [1.54, 1.807) is 0 Å². The number of aliphatic hydroxyl groups is 1. The fourth-order valence-corrected chi connectivity index (χ4v) is 0.547.